The van der Waals surface area contributed by atoms with Crippen LogP contribution in [0.4, 0.5) is 5.69 Å². The van der Waals surface area contributed by atoms with Gasteiger partial charge in [-0.15, -0.1) is 21.5 Å². The molecule has 0 radical (unpaired) electrons. The van der Waals surface area contributed by atoms with E-state index < -0.39 is 6.04 Å². The van der Waals surface area contributed by atoms with Crippen LogP contribution in [0, 0.1) is 20.8 Å². The molecule has 0 saturated carbocycles. The Morgan fingerprint density at radius 2 is 1.92 bits per heavy atom. The van der Waals surface area contributed by atoms with Gasteiger partial charge < -0.3 is 10.1 Å². The molecule has 0 spiro atoms. The van der Waals surface area contributed by atoms with Crippen LogP contribution in [0.3, 0.4) is 0 Å². The number of amides is 2. The van der Waals surface area contributed by atoms with Crippen LogP contribution >= 0.6 is 11.3 Å². The first-order chi connectivity index (χ1) is 18.9. The summed E-state index contributed by atoms with van der Waals surface area (Å²) in [6, 6.07) is 16.5. The number of rotatable bonds is 9. The lowest BCUT2D eigenvalue weighted by Gasteiger charge is -2.33. The van der Waals surface area contributed by atoms with Gasteiger partial charge >= 0.3 is 0 Å². The minimum absolute atomic E-state index is 0.0208. The van der Waals surface area contributed by atoms with E-state index in [2.05, 4.69) is 20.7 Å². The summed E-state index contributed by atoms with van der Waals surface area (Å²) in [6.07, 6.45) is 1.86. The van der Waals surface area contributed by atoms with Crippen molar-refractivity contribution in [2.75, 3.05) is 18.1 Å². The molecule has 0 aliphatic carbocycles. The van der Waals surface area contributed by atoms with E-state index in [0.717, 1.165) is 34.4 Å². The molecule has 2 aromatic carbocycles. The number of nitrogens with one attached hydrogen (secondary N) is 1. The first-order valence-electron chi connectivity index (χ1n) is 13.1. The van der Waals surface area contributed by atoms with E-state index in [1.165, 1.54) is 16.1 Å². The lowest BCUT2D eigenvalue weighted by atomic mass is 9.99. The molecule has 2 aromatic heterocycles. The number of aryl methyl sites for hydroxylation is 3. The zero-order chi connectivity index (χ0) is 27.4. The normalized spacial score (nSPS) is 15.7. The van der Waals surface area contributed by atoms with Crippen molar-refractivity contribution in [3.63, 3.8) is 0 Å². The SMILES string of the molecule is Cc1ccc(C(C(=O)NCC2CCCO2)N(C(=O)Cn2nnc(-c3cccs3)n2)c2cc(C)ccc2C)cc1. The van der Waals surface area contributed by atoms with Gasteiger partial charge in [0.05, 0.1) is 11.0 Å². The van der Waals surface area contributed by atoms with Gasteiger partial charge in [-0.05, 0) is 73.0 Å². The number of carbonyl (C=O) groups is 2. The molecule has 2 unspecified atom stereocenters. The van der Waals surface area contributed by atoms with Gasteiger partial charge in [0.25, 0.3) is 5.91 Å². The number of aromatic nitrogens is 4. The van der Waals surface area contributed by atoms with E-state index in [-0.39, 0.29) is 24.5 Å². The number of thiophene rings is 1. The molecule has 9 nitrogen and oxygen atoms in total. The van der Waals surface area contributed by atoms with Crippen LogP contribution in [0.1, 0.15) is 41.1 Å². The summed E-state index contributed by atoms with van der Waals surface area (Å²) < 4.78 is 5.72. The van der Waals surface area contributed by atoms with Crippen LogP contribution in [0.2, 0.25) is 0 Å². The molecule has 1 N–H and O–H groups in total. The summed E-state index contributed by atoms with van der Waals surface area (Å²) in [6.45, 7) is 6.82. The maximum absolute atomic E-state index is 14.1. The third-order valence-corrected chi connectivity index (χ3v) is 7.66. The number of anilines is 1. The third kappa shape index (κ3) is 6.23. The zero-order valence-electron chi connectivity index (χ0n) is 22.3. The quantitative estimate of drug-likeness (QED) is 0.335. The number of tetrazole rings is 1. The molecule has 10 heteroatoms. The minimum Gasteiger partial charge on any atom is -0.376 e. The molecule has 39 heavy (non-hydrogen) atoms. The third-order valence-electron chi connectivity index (χ3n) is 6.79. The second-order valence-electron chi connectivity index (χ2n) is 9.87. The van der Waals surface area contributed by atoms with E-state index in [9.17, 15) is 9.59 Å². The maximum atomic E-state index is 14.1. The maximum Gasteiger partial charge on any atom is 0.251 e. The van der Waals surface area contributed by atoms with Crippen molar-refractivity contribution in [2.24, 2.45) is 0 Å². The lowest BCUT2D eigenvalue weighted by Crippen LogP contribution is -2.47. The molecule has 1 aliphatic rings. The summed E-state index contributed by atoms with van der Waals surface area (Å²) in [5.41, 5.74) is 4.30. The van der Waals surface area contributed by atoms with Gasteiger partial charge in [0.1, 0.15) is 12.6 Å². The van der Waals surface area contributed by atoms with Crippen LogP contribution in [0.15, 0.2) is 60.0 Å². The molecule has 0 bridgehead atoms. The molecule has 3 heterocycles. The Kier molecular flexibility index (Phi) is 8.13. The fourth-order valence-electron chi connectivity index (χ4n) is 4.69. The minimum atomic E-state index is -0.903. The summed E-state index contributed by atoms with van der Waals surface area (Å²) in [5.74, 6) is -0.133. The Balaban J connectivity index is 1.52. The van der Waals surface area contributed by atoms with Crippen LogP contribution in [-0.4, -0.2) is 51.3 Å². The van der Waals surface area contributed by atoms with Crippen LogP contribution in [0.25, 0.3) is 10.7 Å². The summed E-state index contributed by atoms with van der Waals surface area (Å²) in [7, 11) is 0. The van der Waals surface area contributed by atoms with Crippen molar-refractivity contribution >= 4 is 28.8 Å². The van der Waals surface area contributed by atoms with Gasteiger partial charge in [-0.1, -0.05) is 48.0 Å². The van der Waals surface area contributed by atoms with E-state index in [1.54, 1.807) is 4.90 Å². The summed E-state index contributed by atoms with van der Waals surface area (Å²) >= 11 is 1.50. The van der Waals surface area contributed by atoms with Gasteiger partial charge in [-0.2, -0.15) is 4.80 Å². The second kappa shape index (κ2) is 11.9. The van der Waals surface area contributed by atoms with Crippen molar-refractivity contribution < 1.29 is 14.3 Å². The molecule has 5 rings (SSSR count). The van der Waals surface area contributed by atoms with E-state index >= 15 is 0 Å². The monoisotopic (exact) mass is 544 g/mol. The van der Waals surface area contributed by atoms with E-state index in [0.29, 0.717) is 30.2 Å². The molecule has 1 fully saturated rings. The predicted octanol–water partition coefficient (Wildman–Crippen LogP) is 4.40. The molecule has 202 valence electrons. The van der Waals surface area contributed by atoms with Gasteiger partial charge in [-0.25, -0.2) is 0 Å². The van der Waals surface area contributed by atoms with E-state index in [4.69, 9.17) is 4.74 Å². The second-order valence-corrected chi connectivity index (χ2v) is 10.8. The van der Waals surface area contributed by atoms with Crippen LogP contribution < -0.4 is 10.2 Å². The smallest absolute Gasteiger partial charge is 0.251 e. The number of carbonyl (C=O) groups excluding carboxylic acids is 2. The van der Waals surface area contributed by atoms with Crippen molar-refractivity contribution in [3.05, 3.63) is 82.2 Å². The van der Waals surface area contributed by atoms with Crippen molar-refractivity contribution in [3.8, 4) is 10.7 Å². The highest BCUT2D eigenvalue weighted by atomic mass is 32.1. The van der Waals surface area contributed by atoms with Crippen LogP contribution in [0.5, 0.6) is 0 Å². The first-order valence-corrected chi connectivity index (χ1v) is 13.9. The van der Waals surface area contributed by atoms with Crippen molar-refractivity contribution in [1.82, 2.24) is 25.5 Å². The first kappa shape index (κ1) is 26.7. The number of ether oxygens (including phenoxy) is 1. The van der Waals surface area contributed by atoms with Gasteiger partial charge in [-0.3, -0.25) is 14.5 Å². The Bertz CT molecular complexity index is 1430. The van der Waals surface area contributed by atoms with Crippen molar-refractivity contribution in [1.29, 1.82) is 0 Å². The Morgan fingerprint density at radius 1 is 1.13 bits per heavy atom. The van der Waals surface area contributed by atoms with E-state index in [1.807, 2.05) is 80.7 Å². The number of benzene rings is 2. The number of hydrogen-bond acceptors (Lipinski definition) is 7. The molecule has 2 amide bonds. The Hall–Kier alpha value is -3.89. The Morgan fingerprint density at radius 3 is 2.64 bits per heavy atom. The fraction of sp³-hybridized carbons (Fsp3) is 0.345. The molecular formula is C29H32N6O3S. The van der Waals surface area contributed by atoms with Gasteiger partial charge in [0.2, 0.25) is 11.7 Å². The molecule has 2 atom stereocenters. The number of hydrogen-bond donors (Lipinski definition) is 1. The van der Waals surface area contributed by atoms with Crippen molar-refractivity contribution in [2.45, 2.75) is 52.3 Å². The standard InChI is InChI=1S/C29H32N6O3S/c1-19-9-12-22(13-10-19)27(29(37)30-17-23-6-4-14-38-23)35(24-16-20(2)8-11-21(24)3)26(36)18-34-32-28(31-33-34)25-7-5-15-39-25/h5,7-13,15-16,23,27H,4,6,14,17-18H2,1-3H3,(H,30,37). The topological polar surface area (TPSA) is 102 Å². The van der Waals surface area contributed by atoms with Gasteiger partial charge in [0.15, 0.2) is 0 Å². The highest BCUT2D eigenvalue weighted by Gasteiger charge is 2.34. The Labute approximate surface area is 231 Å². The molecule has 1 aliphatic heterocycles. The van der Waals surface area contributed by atoms with Crippen LogP contribution in [-0.2, 0) is 20.9 Å². The highest BCUT2D eigenvalue weighted by Crippen LogP contribution is 2.32. The molecular weight excluding hydrogens is 512 g/mol. The molecule has 4 aromatic rings. The average Bonchev–Trinajstić information content (AvgIpc) is 3.71. The summed E-state index contributed by atoms with van der Waals surface area (Å²) in [4.78, 5) is 31.7. The average molecular weight is 545 g/mol. The lowest BCUT2D eigenvalue weighted by molar-refractivity contribution is -0.127. The fourth-order valence-corrected chi connectivity index (χ4v) is 5.34. The highest BCUT2D eigenvalue weighted by molar-refractivity contribution is 7.13. The predicted molar refractivity (Wildman–Crippen MR) is 150 cm³/mol. The summed E-state index contributed by atoms with van der Waals surface area (Å²) in [5, 5.41) is 17.7. The number of nitrogens with zero attached hydrogens (tertiary/aromatic N) is 5. The zero-order valence-corrected chi connectivity index (χ0v) is 23.1. The molecule has 1 saturated heterocycles. The largest absolute Gasteiger partial charge is 0.376 e. The van der Waals surface area contributed by atoms with Gasteiger partial charge in [0, 0.05) is 18.8 Å².